The summed E-state index contributed by atoms with van der Waals surface area (Å²) in [7, 11) is 0. The van der Waals surface area contributed by atoms with E-state index in [9.17, 15) is 28.3 Å². The van der Waals surface area contributed by atoms with Gasteiger partial charge in [-0.25, -0.2) is 22.7 Å². The Kier molecular flexibility index (Phi) is 8.93. The Hall–Kier alpha value is -4.74. The van der Waals surface area contributed by atoms with Crippen molar-refractivity contribution < 1.29 is 32.7 Å². The summed E-state index contributed by atoms with van der Waals surface area (Å²) in [4.78, 5) is 42.5. The van der Waals surface area contributed by atoms with Gasteiger partial charge in [-0.3, -0.25) is 14.4 Å². The van der Waals surface area contributed by atoms with Crippen molar-refractivity contribution in [3.8, 4) is 11.1 Å². The highest BCUT2D eigenvalue weighted by molar-refractivity contribution is 6.02. The molecule has 0 bridgehead atoms. The average molecular weight is 582 g/mol. The van der Waals surface area contributed by atoms with Crippen LogP contribution in [0, 0.1) is 37.2 Å². The van der Waals surface area contributed by atoms with Crippen LogP contribution in [0.5, 0.6) is 0 Å². The predicted molar refractivity (Wildman–Crippen MR) is 148 cm³/mol. The smallest absolute Gasteiger partial charge is 0.305 e. The molecule has 12 heteroatoms. The van der Waals surface area contributed by atoms with E-state index in [0.717, 1.165) is 6.07 Å². The van der Waals surface area contributed by atoms with E-state index < -0.39 is 59.3 Å². The van der Waals surface area contributed by atoms with E-state index >= 15 is 4.39 Å². The van der Waals surface area contributed by atoms with Gasteiger partial charge in [-0.05, 0) is 84.8 Å². The zero-order valence-electron chi connectivity index (χ0n) is 23.4. The molecule has 0 saturated carbocycles. The molecule has 0 saturated heterocycles. The lowest BCUT2D eigenvalue weighted by atomic mass is 9.91. The van der Waals surface area contributed by atoms with Gasteiger partial charge in [-0.1, -0.05) is 13.8 Å². The molecule has 0 spiro atoms. The fourth-order valence-corrected chi connectivity index (χ4v) is 5.02. The van der Waals surface area contributed by atoms with Crippen molar-refractivity contribution in [2.24, 2.45) is 5.92 Å². The molecule has 220 valence electrons. The summed E-state index contributed by atoms with van der Waals surface area (Å²) in [5.74, 6) is -5.94. The van der Waals surface area contributed by atoms with E-state index in [2.05, 4.69) is 20.7 Å². The van der Waals surface area contributed by atoms with Crippen LogP contribution in [0.2, 0.25) is 0 Å². The van der Waals surface area contributed by atoms with Gasteiger partial charge in [-0.15, -0.1) is 0 Å². The molecule has 0 unspecified atom stereocenters. The zero-order chi connectivity index (χ0) is 30.7. The fraction of sp³-hybridized carbons (Fsp3) is 0.300. The Morgan fingerprint density at radius 2 is 1.71 bits per heavy atom. The second-order valence-corrected chi connectivity index (χ2v) is 10.5. The number of carboxylic acids is 1. The molecular weight excluding hydrogens is 551 g/mol. The minimum Gasteiger partial charge on any atom is -0.481 e. The number of rotatable bonds is 10. The fourth-order valence-electron chi connectivity index (χ4n) is 5.02. The number of hydrogen-bond donors (Lipinski definition) is 3. The minimum absolute atomic E-state index is 0.0789. The third-order valence-electron chi connectivity index (χ3n) is 6.79. The van der Waals surface area contributed by atoms with E-state index in [1.54, 1.807) is 26.1 Å². The Balaban J connectivity index is 1.69. The van der Waals surface area contributed by atoms with Crippen LogP contribution < -0.4 is 10.6 Å². The van der Waals surface area contributed by atoms with Gasteiger partial charge in [0.25, 0.3) is 5.91 Å². The van der Waals surface area contributed by atoms with Gasteiger partial charge in [0.15, 0.2) is 17.3 Å². The molecule has 4 aromatic rings. The normalized spacial score (nSPS) is 12.8. The Morgan fingerprint density at radius 3 is 2.36 bits per heavy atom. The number of benzene rings is 2. The summed E-state index contributed by atoms with van der Waals surface area (Å²) < 4.78 is 45.4. The number of aliphatic carboxylic acids is 1. The number of carbonyl (C=O) groups is 3. The first-order valence-electron chi connectivity index (χ1n) is 13.2. The Bertz CT molecular complexity index is 1650. The van der Waals surface area contributed by atoms with Gasteiger partial charge in [0.2, 0.25) is 5.91 Å². The lowest BCUT2D eigenvalue weighted by Crippen LogP contribution is -2.48. The van der Waals surface area contributed by atoms with E-state index in [4.69, 9.17) is 0 Å². The summed E-state index contributed by atoms with van der Waals surface area (Å²) in [5, 5.41) is 18.7. The first-order chi connectivity index (χ1) is 19.8. The number of halogens is 3. The number of aryl methyl sites for hydroxylation is 2. The molecule has 4 rings (SSSR count). The molecule has 3 N–H and O–H groups in total. The monoisotopic (exact) mass is 581 g/mol. The number of carbonyl (C=O) groups excluding carboxylic acids is 2. The number of fused-ring (bicyclic) bond motifs is 1. The highest BCUT2D eigenvalue weighted by atomic mass is 19.2. The quantitative estimate of drug-likeness (QED) is 0.245. The summed E-state index contributed by atoms with van der Waals surface area (Å²) in [6, 6.07) is 5.16. The minimum atomic E-state index is -1.49. The largest absolute Gasteiger partial charge is 0.481 e. The van der Waals surface area contributed by atoms with Crippen LogP contribution in [-0.2, 0) is 9.59 Å². The first-order valence-corrected chi connectivity index (χ1v) is 13.2. The lowest BCUT2D eigenvalue weighted by Gasteiger charge is -2.25. The maximum atomic E-state index is 15.2. The second-order valence-electron chi connectivity index (χ2n) is 10.5. The molecular formula is C30H30F3N5O4. The van der Waals surface area contributed by atoms with Crippen LogP contribution in [-0.4, -0.2) is 43.5 Å². The Morgan fingerprint density at radius 1 is 1.02 bits per heavy atom. The predicted octanol–water partition coefficient (Wildman–Crippen LogP) is 4.91. The topological polar surface area (TPSA) is 126 Å². The van der Waals surface area contributed by atoms with Crippen LogP contribution in [0.25, 0.3) is 16.8 Å². The van der Waals surface area contributed by atoms with E-state index in [0.29, 0.717) is 16.7 Å². The molecule has 0 fully saturated rings. The van der Waals surface area contributed by atoms with Crippen molar-refractivity contribution in [3.05, 3.63) is 88.6 Å². The zero-order valence-corrected chi connectivity index (χ0v) is 23.4. The van der Waals surface area contributed by atoms with Crippen molar-refractivity contribution in [2.45, 2.75) is 52.6 Å². The number of hydrogen-bond acceptors (Lipinski definition) is 5. The number of amides is 2. The van der Waals surface area contributed by atoms with E-state index in [1.165, 1.54) is 35.1 Å². The molecule has 0 aliphatic heterocycles. The summed E-state index contributed by atoms with van der Waals surface area (Å²) in [6.07, 6.45) is 2.27. The van der Waals surface area contributed by atoms with Gasteiger partial charge in [-0.2, -0.15) is 5.10 Å². The summed E-state index contributed by atoms with van der Waals surface area (Å²) in [6.45, 7) is 6.88. The van der Waals surface area contributed by atoms with Crippen LogP contribution >= 0.6 is 0 Å². The highest BCUT2D eigenvalue weighted by Gasteiger charge is 2.30. The van der Waals surface area contributed by atoms with Crippen molar-refractivity contribution >= 4 is 23.4 Å². The maximum Gasteiger partial charge on any atom is 0.305 e. The van der Waals surface area contributed by atoms with Crippen LogP contribution in [0.4, 0.5) is 13.2 Å². The van der Waals surface area contributed by atoms with E-state index in [-0.39, 0.29) is 29.1 Å². The molecule has 0 aliphatic rings. The third kappa shape index (κ3) is 6.59. The second kappa shape index (κ2) is 12.4. The number of pyridine rings is 1. The molecule has 2 aromatic heterocycles. The first kappa shape index (κ1) is 30.2. The number of carboxylic acid groups (broad SMARTS) is 1. The van der Waals surface area contributed by atoms with Crippen molar-refractivity contribution in [1.29, 1.82) is 0 Å². The average Bonchev–Trinajstić information content (AvgIpc) is 3.37. The number of nitrogens with one attached hydrogen (secondary N) is 2. The van der Waals surface area contributed by atoms with Crippen molar-refractivity contribution in [2.75, 3.05) is 0 Å². The van der Waals surface area contributed by atoms with Crippen LogP contribution in [0.1, 0.15) is 59.8 Å². The standard InChI is InChI=1S/C30H30F3N5O4/c1-15(2)8-24(37-29(41)20-6-5-7-38-28(20)34-14-35-38)30(42)36-23(13-25(39)40)21-11-18(12-22(32)27(21)33)26-16(3)9-19(31)10-17(26)4/h5-7,9-12,14-15,23-24H,8,13H2,1-4H3,(H,36,42)(H,37,41)(H,39,40)/t23-,24-/m0/s1. The summed E-state index contributed by atoms with van der Waals surface area (Å²) in [5.41, 5.74) is 1.59. The van der Waals surface area contributed by atoms with Gasteiger partial charge in [0.1, 0.15) is 18.2 Å². The highest BCUT2D eigenvalue weighted by Crippen LogP contribution is 2.33. The SMILES string of the molecule is Cc1cc(F)cc(C)c1-c1cc(F)c(F)c([C@H](CC(=O)O)NC(=O)[C@H](CC(C)C)NC(=O)c2cccn3ncnc23)c1. The van der Waals surface area contributed by atoms with Crippen molar-refractivity contribution in [3.63, 3.8) is 0 Å². The van der Waals surface area contributed by atoms with Crippen LogP contribution in [0.15, 0.2) is 48.9 Å². The van der Waals surface area contributed by atoms with Gasteiger partial charge in [0.05, 0.1) is 18.0 Å². The molecule has 9 nitrogen and oxygen atoms in total. The summed E-state index contributed by atoms with van der Waals surface area (Å²) >= 11 is 0. The van der Waals surface area contributed by atoms with Gasteiger partial charge < -0.3 is 15.7 Å². The molecule has 42 heavy (non-hydrogen) atoms. The maximum absolute atomic E-state index is 15.2. The molecule has 0 aliphatic carbocycles. The molecule has 2 atom stereocenters. The number of aromatic nitrogens is 3. The Labute approximate surface area is 239 Å². The molecule has 2 amide bonds. The number of nitrogens with zero attached hydrogens (tertiary/aromatic N) is 3. The van der Waals surface area contributed by atoms with E-state index in [1.807, 2.05) is 13.8 Å². The third-order valence-corrected chi connectivity index (χ3v) is 6.79. The van der Waals surface area contributed by atoms with Gasteiger partial charge in [0, 0.05) is 11.8 Å². The van der Waals surface area contributed by atoms with Gasteiger partial charge >= 0.3 is 5.97 Å². The lowest BCUT2D eigenvalue weighted by molar-refractivity contribution is -0.137. The molecule has 0 radical (unpaired) electrons. The molecule has 2 aromatic carbocycles. The molecule has 2 heterocycles. The van der Waals surface area contributed by atoms with Crippen LogP contribution in [0.3, 0.4) is 0 Å². The van der Waals surface area contributed by atoms with Crippen molar-refractivity contribution in [1.82, 2.24) is 25.2 Å².